The Labute approximate surface area is 459 Å². The molecule has 0 unspecified atom stereocenters. The number of hydrogen-bond donors (Lipinski definition) is 4. The highest BCUT2D eigenvalue weighted by Gasteiger charge is 2.27. The van der Waals surface area contributed by atoms with E-state index in [0.29, 0.717) is 0 Å². The van der Waals surface area contributed by atoms with Gasteiger partial charge in [-0.1, -0.05) is 117 Å². The van der Waals surface area contributed by atoms with E-state index in [2.05, 4.69) is 179 Å². The third-order valence-corrected chi connectivity index (χ3v) is 15.7. The van der Waals surface area contributed by atoms with Gasteiger partial charge in [0, 0.05) is 110 Å². The summed E-state index contributed by atoms with van der Waals surface area (Å²) < 4.78 is 45.9. The number of H-pyrrole nitrogens is 4. The second-order valence-corrected chi connectivity index (χ2v) is 20.5. The molecule has 373 valence electrons. The van der Waals surface area contributed by atoms with Crippen molar-refractivity contribution in [2.75, 3.05) is 0 Å². The third kappa shape index (κ3) is 7.32. The van der Waals surface area contributed by atoms with Crippen LogP contribution in [0.4, 0.5) is 13.2 Å². The van der Waals surface area contributed by atoms with Gasteiger partial charge in [-0.3, -0.25) is 0 Å². The molecule has 6 nitrogen and oxygen atoms in total. The number of aromatic amines is 4. The first-order valence-electron chi connectivity index (χ1n) is 25.0. The molecule has 0 amide bonds. The SMILES string of the molecule is C.Fc1ccc(-n2c3ccccc3c3c4[nH]c5ccccc5c4c4c(c5ccccc5n4-c4ccc(F)cc4)c32)cc1.Fc1ccc(I)cc1.[B].c1ccc2c(c1)[nH]c1c2c2[nH]c3ccccc3c2c2[nH]c3ccccc3c12. The smallest absolute Gasteiger partial charge is 0.123 e. The topological polar surface area (TPSA) is 73.0 Å². The number of para-hydroxylation sites is 6. The van der Waals surface area contributed by atoms with Crippen molar-refractivity contribution < 1.29 is 13.2 Å². The molecule has 0 bridgehead atoms. The van der Waals surface area contributed by atoms with Gasteiger partial charge in [0.25, 0.3) is 0 Å². The van der Waals surface area contributed by atoms with E-state index in [0.717, 1.165) is 80.4 Å². The molecule has 4 N–H and O–H groups in total. The van der Waals surface area contributed by atoms with Crippen molar-refractivity contribution in [3.63, 3.8) is 0 Å². The summed E-state index contributed by atoms with van der Waals surface area (Å²) in [5.41, 5.74) is 15.1. The highest BCUT2D eigenvalue weighted by molar-refractivity contribution is 14.1. The maximum atomic E-state index is 14.1. The van der Waals surface area contributed by atoms with E-state index in [-0.39, 0.29) is 33.3 Å². The monoisotopic (exact) mass is 1130 g/mol. The van der Waals surface area contributed by atoms with Gasteiger partial charge in [0.1, 0.15) is 17.5 Å². The molecule has 17 rings (SSSR count). The van der Waals surface area contributed by atoms with E-state index in [1.165, 1.54) is 102 Å². The first kappa shape index (κ1) is 48.4. The van der Waals surface area contributed by atoms with Crippen molar-refractivity contribution in [1.29, 1.82) is 0 Å². The molecule has 6 heterocycles. The minimum atomic E-state index is -0.273. The average Bonchev–Trinajstić information content (AvgIpc) is 3.63. The molecular weight excluding hydrogens is 1080 g/mol. The Morgan fingerprint density at radius 2 is 0.564 bits per heavy atom. The fraction of sp³-hybridized carbons (Fsp3) is 0.0149. The lowest BCUT2D eigenvalue weighted by molar-refractivity contribution is 0.627. The number of nitrogens with one attached hydrogen (secondary N) is 4. The van der Waals surface area contributed by atoms with E-state index < -0.39 is 0 Å². The number of halogens is 4. The van der Waals surface area contributed by atoms with Crippen molar-refractivity contribution in [1.82, 2.24) is 29.1 Å². The molecule has 6 aromatic heterocycles. The minimum absolute atomic E-state index is 0. The lowest BCUT2D eigenvalue weighted by atomic mass is 10.0. The van der Waals surface area contributed by atoms with Crippen LogP contribution in [-0.2, 0) is 0 Å². The zero-order valence-electron chi connectivity index (χ0n) is 40.8. The number of nitrogens with zero attached hydrogens (tertiary/aromatic N) is 2. The summed E-state index contributed by atoms with van der Waals surface area (Å²) in [7, 11) is 0. The van der Waals surface area contributed by atoms with Crippen molar-refractivity contribution in [3.8, 4) is 11.4 Å². The third-order valence-electron chi connectivity index (χ3n) is 15.0. The van der Waals surface area contributed by atoms with E-state index >= 15 is 0 Å². The van der Waals surface area contributed by atoms with Gasteiger partial charge in [0.15, 0.2) is 0 Å². The molecule has 0 saturated carbocycles. The predicted molar refractivity (Wildman–Crippen MR) is 331 cm³/mol. The molecular formula is C67H44BF3IN6. The molecule has 0 aliphatic rings. The van der Waals surface area contributed by atoms with Crippen LogP contribution in [0.2, 0.25) is 0 Å². The second-order valence-electron chi connectivity index (χ2n) is 19.2. The normalized spacial score (nSPS) is 11.6. The molecule has 0 saturated heterocycles. The zero-order chi connectivity index (χ0) is 50.8. The predicted octanol–water partition coefficient (Wildman–Crippen LogP) is 19.1. The number of aromatic nitrogens is 6. The van der Waals surface area contributed by atoms with Crippen LogP contribution in [0.1, 0.15) is 7.43 Å². The van der Waals surface area contributed by atoms with Crippen molar-refractivity contribution >= 4 is 162 Å². The summed E-state index contributed by atoms with van der Waals surface area (Å²) in [5, 5.41) is 14.3. The Hall–Kier alpha value is -9.20. The van der Waals surface area contributed by atoms with Crippen molar-refractivity contribution in [2.24, 2.45) is 0 Å². The lowest BCUT2D eigenvalue weighted by Gasteiger charge is -2.12. The quantitative estimate of drug-likeness (QED) is 0.0984. The Bertz CT molecular complexity index is 4830. The van der Waals surface area contributed by atoms with Crippen LogP contribution in [0.25, 0.3) is 142 Å². The van der Waals surface area contributed by atoms with E-state index in [9.17, 15) is 13.2 Å². The number of hydrogen-bond acceptors (Lipinski definition) is 0. The van der Waals surface area contributed by atoms with Gasteiger partial charge < -0.3 is 29.1 Å². The minimum Gasteiger partial charge on any atom is -0.354 e. The summed E-state index contributed by atoms with van der Waals surface area (Å²) in [6, 6.07) is 70.6. The fourth-order valence-corrected chi connectivity index (χ4v) is 12.3. The zero-order valence-corrected chi connectivity index (χ0v) is 42.9. The maximum Gasteiger partial charge on any atom is 0.123 e. The summed E-state index contributed by atoms with van der Waals surface area (Å²) in [6.45, 7) is 0. The van der Waals surface area contributed by atoms with Gasteiger partial charge in [0.2, 0.25) is 0 Å². The van der Waals surface area contributed by atoms with Crippen LogP contribution < -0.4 is 0 Å². The molecule has 0 aliphatic carbocycles. The number of rotatable bonds is 2. The Morgan fingerprint density at radius 3 is 0.923 bits per heavy atom. The summed E-state index contributed by atoms with van der Waals surface area (Å²) in [6.07, 6.45) is 0. The summed E-state index contributed by atoms with van der Waals surface area (Å²) in [4.78, 5) is 14.9. The number of fused-ring (bicyclic) bond motifs is 24. The van der Waals surface area contributed by atoms with Gasteiger partial charge in [-0.2, -0.15) is 0 Å². The summed E-state index contributed by atoms with van der Waals surface area (Å²) in [5.74, 6) is -0.721. The molecule has 3 radical (unpaired) electrons. The molecule has 0 aliphatic heterocycles. The van der Waals surface area contributed by atoms with Crippen LogP contribution in [0.3, 0.4) is 0 Å². The Morgan fingerprint density at radius 1 is 0.295 bits per heavy atom. The van der Waals surface area contributed by atoms with Crippen LogP contribution in [0, 0.1) is 21.0 Å². The van der Waals surface area contributed by atoms with E-state index in [1.807, 2.05) is 42.5 Å². The van der Waals surface area contributed by atoms with Crippen LogP contribution in [0.15, 0.2) is 218 Å². The molecule has 0 spiro atoms. The second kappa shape index (κ2) is 18.8. The van der Waals surface area contributed by atoms with Gasteiger partial charge in [-0.15, -0.1) is 0 Å². The average molecular weight is 1130 g/mol. The first-order chi connectivity index (χ1) is 37.4. The standard InChI is InChI=1S/C36H21F2N3.C24H15N3.C6H4FI.CH4.B/c37-21-13-17-23(18-14-21)40-29-11-5-2-8-26(29)32-34-31(25-7-1-4-10-28(25)39-34)35-33(36(32)40)27-9-3-6-12-30(27)41(35)24-19-15-22(38)16-20-24;1-4-10-16-13(7-1)19-22(25-16)20-15-9-3-6-12-18(15)27-24(20)21-14-8-2-5-11-17(14)26-23(19)21;7-5-1-3-6(8)4-2-5;;/h1-20,39H;1-12,25-27H;1-4H;1H4;. The molecule has 17 aromatic rings. The van der Waals surface area contributed by atoms with Crippen LogP contribution in [0.5, 0.6) is 0 Å². The van der Waals surface area contributed by atoms with E-state index in [1.54, 1.807) is 12.1 Å². The van der Waals surface area contributed by atoms with Crippen LogP contribution in [-0.4, -0.2) is 37.5 Å². The van der Waals surface area contributed by atoms with Crippen molar-refractivity contribution in [2.45, 2.75) is 7.43 Å². The van der Waals surface area contributed by atoms with Crippen molar-refractivity contribution in [3.05, 3.63) is 239 Å². The Kier molecular flexibility index (Phi) is 11.7. The highest BCUT2D eigenvalue weighted by atomic mass is 127. The van der Waals surface area contributed by atoms with E-state index in [4.69, 9.17) is 0 Å². The van der Waals surface area contributed by atoms with Gasteiger partial charge in [-0.05, 0) is 132 Å². The molecule has 11 heteroatoms. The summed E-state index contributed by atoms with van der Waals surface area (Å²) >= 11 is 2.13. The molecule has 11 aromatic carbocycles. The van der Waals surface area contributed by atoms with Crippen LogP contribution >= 0.6 is 22.6 Å². The largest absolute Gasteiger partial charge is 0.354 e. The maximum absolute atomic E-state index is 14.1. The highest BCUT2D eigenvalue weighted by Crippen LogP contribution is 2.49. The first-order valence-corrected chi connectivity index (χ1v) is 26.1. The number of benzene rings is 11. The molecule has 0 fully saturated rings. The molecule has 0 atom stereocenters. The van der Waals surface area contributed by atoms with Gasteiger partial charge >= 0.3 is 0 Å². The molecule has 78 heavy (non-hydrogen) atoms. The Balaban J connectivity index is 0.000000134. The fourth-order valence-electron chi connectivity index (χ4n) is 11.9. The lowest BCUT2D eigenvalue weighted by Crippen LogP contribution is -1.96. The van der Waals surface area contributed by atoms with Gasteiger partial charge in [-0.25, -0.2) is 13.2 Å². The van der Waals surface area contributed by atoms with Gasteiger partial charge in [0.05, 0.1) is 44.1 Å².